The SMILES string of the molecule is CNC1CCCN(Cc2ccc(OCCN3CCOCC3)c(Cl)c2)C1.Cl. The lowest BCUT2D eigenvalue weighted by atomic mass is 10.1. The normalized spacial score (nSPS) is 22.0. The maximum Gasteiger partial charge on any atom is 0.137 e. The molecule has 0 aliphatic carbocycles. The molecule has 1 aromatic carbocycles. The number of nitrogens with one attached hydrogen (secondary N) is 1. The third kappa shape index (κ3) is 6.55. The number of ether oxygens (including phenoxy) is 2. The Balaban J connectivity index is 0.00000243. The maximum atomic E-state index is 6.44. The van der Waals surface area contributed by atoms with Crippen LogP contribution in [0.5, 0.6) is 5.75 Å². The van der Waals surface area contributed by atoms with E-state index in [-0.39, 0.29) is 12.4 Å². The summed E-state index contributed by atoms with van der Waals surface area (Å²) in [5, 5.41) is 4.10. The Morgan fingerprint density at radius 2 is 2.04 bits per heavy atom. The molecule has 2 aliphatic heterocycles. The first kappa shape index (κ1) is 21.7. The van der Waals surface area contributed by atoms with Crippen LogP contribution in [-0.2, 0) is 11.3 Å². The molecule has 0 spiro atoms. The molecular formula is C19H31Cl2N3O2. The standard InChI is InChI=1S/C19H30ClN3O2.ClH/c1-21-17-3-2-6-23(15-17)14-16-4-5-19(18(20)13-16)25-12-9-22-7-10-24-11-8-22;/h4-5,13,17,21H,2-3,6-12,14-15H2,1H3;1H. The summed E-state index contributed by atoms with van der Waals surface area (Å²) in [6.45, 7) is 8.40. The summed E-state index contributed by atoms with van der Waals surface area (Å²) in [5.41, 5.74) is 1.25. The van der Waals surface area contributed by atoms with Crippen LogP contribution >= 0.6 is 24.0 Å². The first-order chi connectivity index (χ1) is 12.2. The first-order valence-corrected chi connectivity index (χ1v) is 9.73. The average molecular weight is 404 g/mol. The monoisotopic (exact) mass is 403 g/mol. The van der Waals surface area contributed by atoms with E-state index < -0.39 is 0 Å². The fraction of sp³-hybridized carbons (Fsp3) is 0.684. The van der Waals surface area contributed by atoms with E-state index in [1.165, 1.54) is 18.4 Å². The van der Waals surface area contributed by atoms with Gasteiger partial charge in [-0.25, -0.2) is 0 Å². The fourth-order valence-electron chi connectivity index (χ4n) is 3.56. The van der Waals surface area contributed by atoms with Gasteiger partial charge in [0.25, 0.3) is 0 Å². The lowest BCUT2D eigenvalue weighted by Crippen LogP contribution is -2.43. The highest BCUT2D eigenvalue weighted by Crippen LogP contribution is 2.26. The zero-order chi connectivity index (χ0) is 17.5. The van der Waals surface area contributed by atoms with Crippen molar-refractivity contribution in [3.05, 3.63) is 28.8 Å². The molecule has 2 fully saturated rings. The molecule has 148 valence electrons. The minimum absolute atomic E-state index is 0. The second-order valence-electron chi connectivity index (χ2n) is 6.93. The van der Waals surface area contributed by atoms with Crippen LogP contribution in [0.15, 0.2) is 18.2 Å². The van der Waals surface area contributed by atoms with Crippen molar-refractivity contribution >= 4 is 24.0 Å². The molecule has 1 unspecified atom stereocenters. The van der Waals surface area contributed by atoms with Crippen LogP contribution < -0.4 is 10.1 Å². The second-order valence-corrected chi connectivity index (χ2v) is 7.34. The summed E-state index contributed by atoms with van der Waals surface area (Å²) in [6, 6.07) is 6.80. The predicted molar refractivity (Wildman–Crippen MR) is 109 cm³/mol. The lowest BCUT2D eigenvalue weighted by molar-refractivity contribution is 0.0322. The Bertz CT molecular complexity index is 542. The molecule has 2 aliphatic rings. The number of likely N-dealkylation sites (tertiary alicyclic amines) is 1. The van der Waals surface area contributed by atoms with Crippen LogP contribution in [0.4, 0.5) is 0 Å². The van der Waals surface area contributed by atoms with E-state index in [1.807, 2.05) is 13.1 Å². The number of likely N-dealkylation sites (N-methyl/N-ethyl adjacent to an activating group) is 1. The van der Waals surface area contributed by atoms with Gasteiger partial charge in [0.15, 0.2) is 0 Å². The number of benzene rings is 1. The number of halogens is 2. The highest BCUT2D eigenvalue weighted by atomic mass is 35.5. The lowest BCUT2D eigenvalue weighted by Gasteiger charge is -2.32. The second kappa shape index (κ2) is 11.3. The summed E-state index contributed by atoms with van der Waals surface area (Å²) >= 11 is 6.44. The van der Waals surface area contributed by atoms with Crippen LogP contribution in [0, 0.1) is 0 Å². The van der Waals surface area contributed by atoms with Crippen LogP contribution in [0.25, 0.3) is 0 Å². The Labute approximate surface area is 168 Å². The number of hydrogen-bond acceptors (Lipinski definition) is 5. The molecule has 1 N–H and O–H groups in total. The van der Waals surface area contributed by atoms with Gasteiger partial charge in [-0.3, -0.25) is 9.80 Å². The highest BCUT2D eigenvalue weighted by molar-refractivity contribution is 6.32. The van der Waals surface area contributed by atoms with E-state index in [9.17, 15) is 0 Å². The van der Waals surface area contributed by atoms with Gasteiger partial charge in [-0.1, -0.05) is 17.7 Å². The molecule has 2 saturated heterocycles. The van der Waals surface area contributed by atoms with Crippen molar-refractivity contribution in [2.24, 2.45) is 0 Å². The van der Waals surface area contributed by atoms with Crippen molar-refractivity contribution < 1.29 is 9.47 Å². The van der Waals surface area contributed by atoms with E-state index in [0.29, 0.717) is 17.7 Å². The highest BCUT2D eigenvalue weighted by Gasteiger charge is 2.18. The molecule has 26 heavy (non-hydrogen) atoms. The zero-order valence-corrected chi connectivity index (χ0v) is 17.2. The molecule has 1 atom stereocenters. The number of rotatable bonds is 7. The van der Waals surface area contributed by atoms with Gasteiger partial charge in [0.05, 0.1) is 18.2 Å². The molecule has 0 amide bonds. The minimum atomic E-state index is 0. The Morgan fingerprint density at radius 1 is 1.23 bits per heavy atom. The molecule has 0 radical (unpaired) electrons. The van der Waals surface area contributed by atoms with Gasteiger partial charge in [-0.05, 0) is 44.1 Å². The van der Waals surface area contributed by atoms with Gasteiger partial charge >= 0.3 is 0 Å². The maximum absolute atomic E-state index is 6.44. The van der Waals surface area contributed by atoms with Crippen molar-refractivity contribution in [3.8, 4) is 5.75 Å². The Hall–Kier alpha value is -0.560. The number of nitrogens with zero attached hydrogens (tertiary/aromatic N) is 2. The quantitative estimate of drug-likeness (QED) is 0.757. The molecule has 0 saturated carbocycles. The molecule has 0 bridgehead atoms. The van der Waals surface area contributed by atoms with Gasteiger partial charge in [0, 0.05) is 38.8 Å². The number of hydrogen-bond donors (Lipinski definition) is 1. The number of piperidine rings is 1. The van der Waals surface area contributed by atoms with Crippen molar-refractivity contribution in [1.82, 2.24) is 15.1 Å². The van der Waals surface area contributed by atoms with E-state index in [1.54, 1.807) is 0 Å². The molecule has 0 aromatic heterocycles. The topological polar surface area (TPSA) is 37.0 Å². The van der Waals surface area contributed by atoms with Crippen LogP contribution in [0.3, 0.4) is 0 Å². The first-order valence-electron chi connectivity index (χ1n) is 9.35. The molecular weight excluding hydrogens is 373 g/mol. The summed E-state index contributed by atoms with van der Waals surface area (Å²) < 4.78 is 11.2. The molecule has 1 aromatic rings. The van der Waals surface area contributed by atoms with Gasteiger partial charge in [0.2, 0.25) is 0 Å². The summed E-state index contributed by atoms with van der Waals surface area (Å²) in [4.78, 5) is 4.86. The van der Waals surface area contributed by atoms with Gasteiger partial charge < -0.3 is 14.8 Å². The van der Waals surface area contributed by atoms with Gasteiger partial charge in [-0.2, -0.15) is 0 Å². The molecule has 7 heteroatoms. The van der Waals surface area contributed by atoms with Crippen LogP contribution in [0.1, 0.15) is 18.4 Å². The Kier molecular flexibility index (Phi) is 9.46. The van der Waals surface area contributed by atoms with E-state index >= 15 is 0 Å². The van der Waals surface area contributed by atoms with E-state index in [4.69, 9.17) is 21.1 Å². The molecule has 2 heterocycles. The van der Waals surface area contributed by atoms with Crippen molar-refractivity contribution in [2.75, 3.05) is 59.6 Å². The fourth-order valence-corrected chi connectivity index (χ4v) is 3.82. The van der Waals surface area contributed by atoms with Crippen molar-refractivity contribution in [1.29, 1.82) is 0 Å². The van der Waals surface area contributed by atoms with Crippen LogP contribution in [-0.4, -0.2) is 75.4 Å². The van der Waals surface area contributed by atoms with E-state index in [0.717, 1.165) is 58.2 Å². The molecule has 5 nitrogen and oxygen atoms in total. The summed E-state index contributed by atoms with van der Waals surface area (Å²) in [5.74, 6) is 0.783. The van der Waals surface area contributed by atoms with Gasteiger partial charge in [0.1, 0.15) is 12.4 Å². The Morgan fingerprint density at radius 3 is 2.77 bits per heavy atom. The van der Waals surface area contributed by atoms with Crippen molar-refractivity contribution in [2.45, 2.75) is 25.4 Å². The predicted octanol–water partition coefficient (Wildman–Crippen LogP) is 2.66. The average Bonchev–Trinajstić information content (AvgIpc) is 2.64. The third-order valence-corrected chi connectivity index (χ3v) is 5.38. The zero-order valence-electron chi connectivity index (χ0n) is 15.6. The van der Waals surface area contributed by atoms with E-state index in [2.05, 4.69) is 27.2 Å². The summed E-state index contributed by atoms with van der Waals surface area (Å²) in [6.07, 6.45) is 2.52. The smallest absolute Gasteiger partial charge is 0.137 e. The molecule has 3 rings (SSSR count). The van der Waals surface area contributed by atoms with Crippen molar-refractivity contribution in [3.63, 3.8) is 0 Å². The summed E-state index contributed by atoms with van der Waals surface area (Å²) in [7, 11) is 2.05. The third-order valence-electron chi connectivity index (χ3n) is 5.09. The number of morpholine rings is 1. The van der Waals surface area contributed by atoms with Crippen LogP contribution in [0.2, 0.25) is 5.02 Å². The van der Waals surface area contributed by atoms with Gasteiger partial charge in [-0.15, -0.1) is 12.4 Å². The minimum Gasteiger partial charge on any atom is -0.491 e. The largest absolute Gasteiger partial charge is 0.491 e.